The highest BCUT2D eigenvalue weighted by Gasteiger charge is 2.36. The number of amides is 1. The van der Waals surface area contributed by atoms with E-state index in [0.29, 0.717) is 27.2 Å². The van der Waals surface area contributed by atoms with Crippen LogP contribution < -0.4 is 9.64 Å². The number of carbonyl (C=O) groups is 1. The second-order valence-corrected chi connectivity index (χ2v) is 8.04. The molecule has 0 aliphatic carbocycles. The van der Waals surface area contributed by atoms with Crippen LogP contribution in [0.1, 0.15) is 25.6 Å². The fraction of sp³-hybridized carbons (Fsp3) is 0.200. The lowest BCUT2D eigenvalue weighted by molar-refractivity contribution is -0.118. The molecule has 1 amide bonds. The normalized spacial score (nSPS) is 15.1. The smallest absolute Gasteiger partial charge is 0.247 e. The molecule has 2 aromatic carbocycles. The number of carbonyl (C=O) groups excluding carboxylic acids is 1. The molecule has 30 heavy (non-hydrogen) atoms. The first-order valence-corrected chi connectivity index (χ1v) is 10.3. The first-order valence-electron chi connectivity index (χ1n) is 8.98. The van der Waals surface area contributed by atoms with Crippen molar-refractivity contribution >= 4 is 35.0 Å². The van der Waals surface area contributed by atoms with Crippen LogP contribution in [-0.4, -0.2) is 26.8 Å². The zero-order valence-electron chi connectivity index (χ0n) is 15.9. The molecule has 4 rings (SSSR count). The van der Waals surface area contributed by atoms with Gasteiger partial charge in [-0.1, -0.05) is 30.3 Å². The minimum atomic E-state index is -1.31. The molecule has 3 aromatic rings. The van der Waals surface area contributed by atoms with Crippen LogP contribution >= 0.6 is 23.4 Å². The molecule has 6 nitrogen and oxygen atoms in total. The van der Waals surface area contributed by atoms with Gasteiger partial charge in [-0.25, -0.2) is 8.78 Å². The van der Waals surface area contributed by atoms with Crippen LogP contribution in [-0.2, 0) is 4.79 Å². The Morgan fingerprint density at radius 3 is 2.77 bits per heavy atom. The molecule has 1 aliphatic heterocycles. The average molecular weight is 449 g/mol. The summed E-state index contributed by atoms with van der Waals surface area (Å²) in [5.74, 6) is -1.10. The van der Waals surface area contributed by atoms with E-state index in [0.717, 1.165) is 18.2 Å². The van der Waals surface area contributed by atoms with Crippen LogP contribution in [0.3, 0.4) is 0 Å². The van der Waals surface area contributed by atoms with Crippen molar-refractivity contribution in [1.29, 1.82) is 0 Å². The van der Waals surface area contributed by atoms with E-state index in [1.807, 2.05) is 6.92 Å². The number of hydrogen-bond acceptors (Lipinski definition) is 6. The molecule has 0 fully saturated rings. The van der Waals surface area contributed by atoms with Gasteiger partial charge in [0.15, 0.2) is 5.69 Å². The van der Waals surface area contributed by atoms with Crippen molar-refractivity contribution in [2.75, 3.05) is 10.7 Å². The Hall–Kier alpha value is -2.78. The zero-order valence-corrected chi connectivity index (χ0v) is 17.5. The molecule has 1 aromatic heterocycles. The summed E-state index contributed by atoms with van der Waals surface area (Å²) in [6.07, 6.45) is -1.31. The third-order valence-electron chi connectivity index (χ3n) is 4.40. The maximum Gasteiger partial charge on any atom is 0.247 e. The first-order chi connectivity index (χ1) is 14.4. The van der Waals surface area contributed by atoms with Crippen LogP contribution in [0, 0.1) is 11.6 Å². The summed E-state index contributed by atoms with van der Waals surface area (Å²) in [5, 5.41) is 9.06. The van der Waals surface area contributed by atoms with Crippen molar-refractivity contribution in [1.82, 2.24) is 15.2 Å². The molecule has 2 heterocycles. The molecule has 1 atom stereocenters. The molecule has 1 unspecified atom stereocenters. The number of halogens is 3. The van der Waals surface area contributed by atoms with Crippen molar-refractivity contribution in [3.05, 3.63) is 58.6 Å². The molecule has 0 bridgehead atoms. The summed E-state index contributed by atoms with van der Waals surface area (Å²) in [6.45, 7) is 3.23. The lowest BCUT2D eigenvalue weighted by atomic mass is 10.1. The molecule has 10 heteroatoms. The van der Waals surface area contributed by atoms with Gasteiger partial charge in [-0.15, -0.1) is 10.2 Å². The van der Waals surface area contributed by atoms with Gasteiger partial charge in [0, 0.05) is 17.5 Å². The average Bonchev–Trinajstić information content (AvgIpc) is 2.84. The highest BCUT2D eigenvalue weighted by Crippen LogP contribution is 2.44. The number of hydrogen-bond donors (Lipinski definition) is 0. The van der Waals surface area contributed by atoms with Crippen LogP contribution in [0.2, 0.25) is 5.02 Å². The summed E-state index contributed by atoms with van der Waals surface area (Å²) in [7, 11) is 0. The standard InChI is InChI=1S/C20H15ClF2N4O2S/c1-3-30-20-24-18-17(25-26-20)14-8-11(21)4-7-16(14)27(10(2)28)19(29-18)13-9-12(22)5-6-15(13)23/h4-9,19H,3H2,1-2H3. The van der Waals surface area contributed by atoms with Gasteiger partial charge in [0.25, 0.3) is 0 Å². The van der Waals surface area contributed by atoms with Crippen molar-refractivity contribution in [2.24, 2.45) is 0 Å². The molecule has 0 spiro atoms. The van der Waals surface area contributed by atoms with Gasteiger partial charge < -0.3 is 4.74 Å². The fourth-order valence-corrected chi connectivity index (χ4v) is 3.85. The van der Waals surface area contributed by atoms with E-state index >= 15 is 0 Å². The SMILES string of the molecule is CCSc1nnc2c(n1)OC(c1cc(F)ccc1F)N(C(C)=O)c1ccc(Cl)cc1-2. The van der Waals surface area contributed by atoms with Crippen molar-refractivity contribution in [2.45, 2.75) is 25.2 Å². The summed E-state index contributed by atoms with van der Waals surface area (Å²) in [5.41, 5.74) is 0.909. The number of benzene rings is 2. The molecule has 0 saturated carbocycles. The molecule has 0 radical (unpaired) electrons. The Labute approximate surface area is 180 Å². The van der Waals surface area contributed by atoms with E-state index in [9.17, 15) is 13.6 Å². The number of aromatic nitrogens is 3. The van der Waals surface area contributed by atoms with Crippen LogP contribution in [0.15, 0.2) is 41.6 Å². The monoisotopic (exact) mass is 448 g/mol. The second kappa shape index (κ2) is 8.16. The summed E-state index contributed by atoms with van der Waals surface area (Å²) in [6, 6.07) is 7.75. The summed E-state index contributed by atoms with van der Waals surface area (Å²) >= 11 is 7.52. The first kappa shape index (κ1) is 20.5. The van der Waals surface area contributed by atoms with Gasteiger partial charge in [0.05, 0.1) is 11.3 Å². The topological polar surface area (TPSA) is 68.2 Å². The predicted octanol–water partition coefficient (Wildman–Crippen LogP) is 5.03. The summed E-state index contributed by atoms with van der Waals surface area (Å²) < 4.78 is 34.6. The number of nitrogens with zero attached hydrogens (tertiary/aromatic N) is 4. The van der Waals surface area contributed by atoms with Crippen LogP contribution in [0.4, 0.5) is 14.5 Å². The van der Waals surface area contributed by atoms with Gasteiger partial charge in [0.1, 0.15) is 11.6 Å². The maximum atomic E-state index is 14.7. The van der Waals surface area contributed by atoms with Crippen LogP contribution in [0.5, 0.6) is 5.88 Å². The van der Waals surface area contributed by atoms with Gasteiger partial charge >= 0.3 is 0 Å². The van der Waals surface area contributed by atoms with E-state index in [1.54, 1.807) is 18.2 Å². The quantitative estimate of drug-likeness (QED) is 0.524. The Kier molecular flexibility index (Phi) is 5.57. The van der Waals surface area contributed by atoms with Gasteiger partial charge in [-0.05, 0) is 42.2 Å². The number of ether oxygens (including phenoxy) is 1. The minimum absolute atomic E-state index is 0.0434. The van der Waals surface area contributed by atoms with Gasteiger partial charge in [-0.3, -0.25) is 9.69 Å². The highest BCUT2D eigenvalue weighted by atomic mass is 35.5. The number of thioether (sulfide) groups is 1. The Morgan fingerprint density at radius 2 is 2.03 bits per heavy atom. The van der Waals surface area contributed by atoms with Gasteiger partial charge in [-0.2, -0.15) is 4.98 Å². The Balaban J connectivity index is 2.00. The van der Waals surface area contributed by atoms with E-state index in [-0.39, 0.29) is 17.1 Å². The number of anilines is 1. The van der Waals surface area contributed by atoms with E-state index < -0.39 is 23.8 Å². The third kappa shape index (κ3) is 3.70. The number of rotatable bonds is 3. The number of fused-ring (bicyclic) bond motifs is 3. The molecule has 0 N–H and O–H groups in total. The van der Waals surface area contributed by atoms with Crippen molar-refractivity contribution in [3.8, 4) is 17.1 Å². The lowest BCUT2D eigenvalue weighted by Gasteiger charge is -2.30. The second-order valence-electron chi connectivity index (χ2n) is 6.37. The molecule has 154 valence electrons. The Bertz CT molecular complexity index is 1150. The lowest BCUT2D eigenvalue weighted by Crippen LogP contribution is -2.36. The van der Waals surface area contributed by atoms with Crippen molar-refractivity contribution < 1.29 is 18.3 Å². The maximum absolute atomic E-state index is 14.7. The van der Waals surface area contributed by atoms with E-state index in [4.69, 9.17) is 16.3 Å². The van der Waals surface area contributed by atoms with E-state index in [1.165, 1.54) is 23.6 Å². The Morgan fingerprint density at radius 1 is 1.23 bits per heavy atom. The molecular weight excluding hydrogens is 434 g/mol. The fourth-order valence-electron chi connectivity index (χ4n) is 3.17. The highest BCUT2D eigenvalue weighted by molar-refractivity contribution is 7.99. The predicted molar refractivity (Wildman–Crippen MR) is 110 cm³/mol. The molecule has 1 aliphatic rings. The van der Waals surface area contributed by atoms with Crippen molar-refractivity contribution in [3.63, 3.8) is 0 Å². The summed E-state index contributed by atoms with van der Waals surface area (Å²) in [4.78, 5) is 18.2. The minimum Gasteiger partial charge on any atom is -0.447 e. The molecule has 0 saturated heterocycles. The molecular formula is C20H15ClF2N4O2S. The third-order valence-corrected chi connectivity index (χ3v) is 5.36. The zero-order chi connectivity index (χ0) is 21.4. The van der Waals surface area contributed by atoms with E-state index in [2.05, 4.69) is 15.2 Å². The van der Waals surface area contributed by atoms with Gasteiger partial charge in [0.2, 0.25) is 23.2 Å². The van der Waals surface area contributed by atoms with Crippen LogP contribution in [0.25, 0.3) is 11.3 Å². The largest absolute Gasteiger partial charge is 0.447 e.